The van der Waals surface area contributed by atoms with Gasteiger partial charge in [-0.1, -0.05) is 29.8 Å². The fourth-order valence-electron chi connectivity index (χ4n) is 4.42. The highest BCUT2D eigenvalue weighted by atomic mass is 35.5. The van der Waals surface area contributed by atoms with E-state index in [9.17, 15) is 4.79 Å². The number of carbonyl (C=O) groups is 1. The van der Waals surface area contributed by atoms with Crippen LogP contribution in [0, 0.1) is 0 Å². The Morgan fingerprint density at radius 3 is 2.85 bits per heavy atom. The van der Waals surface area contributed by atoms with E-state index < -0.39 is 0 Å². The summed E-state index contributed by atoms with van der Waals surface area (Å²) in [5.41, 5.74) is 11.3. The summed E-state index contributed by atoms with van der Waals surface area (Å²) >= 11 is 6.52. The number of aromatic nitrogens is 4. The number of amides is 1. The molecule has 2 aromatic carbocycles. The number of imidazole rings is 1. The number of carbonyl (C=O) groups excluding carboxylic acids is 1. The van der Waals surface area contributed by atoms with E-state index in [4.69, 9.17) is 22.1 Å². The van der Waals surface area contributed by atoms with Crippen molar-refractivity contribution in [3.8, 4) is 16.9 Å². The standard InChI is InChI=1S/C25H19ClN6O2/c1-31(22-12-34-23-7-14(4-5-16(22)23)15-3-2-6-28-10-15)25(33)17-8-20-19(9-18(17)26)30-24(27)21-11-29-13-32(20)21/h2-11,13,22H,12H2,1H3,(H2,27,30)/t22-/m1/s1. The van der Waals surface area contributed by atoms with Crippen molar-refractivity contribution in [1.82, 2.24) is 24.3 Å². The second kappa shape index (κ2) is 7.71. The van der Waals surface area contributed by atoms with E-state index in [1.54, 1.807) is 47.2 Å². The predicted molar refractivity (Wildman–Crippen MR) is 130 cm³/mol. The van der Waals surface area contributed by atoms with Gasteiger partial charge in [-0.2, -0.15) is 0 Å². The largest absolute Gasteiger partial charge is 0.491 e. The van der Waals surface area contributed by atoms with Gasteiger partial charge in [0, 0.05) is 30.6 Å². The molecule has 0 saturated carbocycles. The van der Waals surface area contributed by atoms with Gasteiger partial charge in [0.05, 0.1) is 40.2 Å². The molecule has 0 saturated heterocycles. The zero-order valence-corrected chi connectivity index (χ0v) is 18.9. The fraction of sp³-hybridized carbons (Fsp3) is 0.120. The molecule has 0 spiro atoms. The molecule has 1 atom stereocenters. The first-order valence-corrected chi connectivity index (χ1v) is 11.0. The molecule has 0 unspecified atom stereocenters. The molecule has 1 aliphatic rings. The van der Waals surface area contributed by atoms with E-state index in [0.29, 0.717) is 39.6 Å². The monoisotopic (exact) mass is 470 g/mol. The van der Waals surface area contributed by atoms with Gasteiger partial charge in [0.25, 0.3) is 5.91 Å². The molecule has 34 heavy (non-hydrogen) atoms. The lowest BCUT2D eigenvalue weighted by molar-refractivity contribution is 0.0709. The van der Waals surface area contributed by atoms with Crippen molar-refractivity contribution < 1.29 is 9.53 Å². The number of hydrogen-bond donors (Lipinski definition) is 1. The van der Waals surface area contributed by atoms with Gasteiger partial charge in [-0.15, -0.1) is 0 Å². The lowest BCUT2D eigenvalue weighted by Crippen LogP contribution is -2.32. The minimum Gasteiger partial charge on any atom is -0.491 e. The van der Waals surface area contributed by atoms with Crippen LogP contribution in [0.3, 0.4) is 0 Å². The molecular formula is C25H19ClN6O2. The van der Waals surface area contributed by atoms with Crippen LogP contribution in [0.4, 0.5) is 5.82 Å². The Morgan fingerprint density at radius 1 is 1.15 bits per heavy atom. The number of likely N-dealkylation sites (N-methyl/N-ethyl adjacent to an activating group) is 1. The van der Waals surface area contributed by atoms with Crippen molar-refractivity contribution in [3.05, 3.63) is 83.5 Å². The minimum atomic E-state index is -0.241. The van der Waals surface area contributed by atoms with Crippen LogP contribution in [-0.2, 0) is 0 Å². The summed E-state index contributed by atoms with van der Waals surface area (Å²) in [5.74, 6) is 0.896. The topological polar surface area (TPSA) is 98.6 Å². The van der Waals surface area contributed by atoms with Gasteiger partial charge < -0.3 is 15.4 Å². The van der Waals surface area contributed by atoms with Crippen LogP contribution in [-0.4, -0.2) is 43.8 Å². The first kappa shape index (κ1) is 20.4. The van der Waals surface area contributed by atoms with Crippen LogP contribution in [0.15, 0.2) is 67.4 Å². The van der Waals surface area contributed by atoms with E-state index in [0.717, 1.165) is 22.4 Å². The van der Waals surface area contributed by atoms with Gasteiger partial charge >= 0.3 is 0 Å². The van der Waals surface area contributed by atoms with Gasteiger partial charge in [-0.05, 0) is 29.8 Å². The fourth-order valence-corrected chi connectivity index (χ4v) is 4.66. The number of hydrogen-bond acceptors (Lipinski definition) is 6. The third kappa shape index (κ3) is 3.14. The Labute approximate surface area is 199 Å². The number of nitrogen functional groups attached to an aromatic ring is 1. The summed E-state index contributed by atoms with van der Waals surface area (Å²) in [4.78, 5) is 28.0. The van der Waals surface area contributed by atoms with Crippen molar-refractivity contribution >= 4 is 39.9 Å². The van der Waals surface area contributed by atoms with Gasteiger partial charge in [-0.3, -0.25) is 14.2 Å². The third-order valence-corrected chi connectivity index (χ3v) is 6.56. The predicted octanol–water partition coefficient (Wildman–Crippen LogP) is 4.39. The lowest BCUT2D eigenvalue weighted by Gasteiger charge is -2.24. The van der Waals surface area contributed by atoms with Crippen LogP contribution in [0.1, 0.15) is 22.0 Å². The smallest absolute Gasteiger partial charge is 0.255 e. The molecule has 9 heteroatoms. The number of pyridine rings is 1. The first-order valence-electron chi connectivity index (χ1n) is 10.7. The van der Waals surface area contributed by atoms with Crippen molar-refractivity contribution in [2.24, 2.45) is 0 Å². The summed E-state index contributed by atoms with van der Waals surface area (Å²) in [6.45, 7) is 0.364. The molecule has 1 amide bonds. The van der Waals surface area contributed by atoms with E-state index in [2.05, 4.69) is 15.0 Å². The maximum absolute atomic E-state index is 13.5. The van der Waals surface area contributed by atoms with E-state index in [1.165, 1.54) is 0 Å². The number of fused-ring (bicyclic) bond motifs is 4. The van der Waals surface area contributed by atoms with Crippen molar-refractivity contribution in [2.75, 3.05) is 19.4 Å². The van der Waals surface area contributed by atoms with Crippen LogP contribution >= 0.6 is 11.6 Å². The zero-order valence-electron chi connectivity index (χ0n) is 18.1. The highest BCUT2D eigenvalue weighted by Gasteiger charge is 2.32. The lowest BCUT2D eigenvalue weighted by atomic mass is 10.0. The maximum Gasteiger partial charge on any atom is 0.255 e. The molecule has 0 fully saturated rings. The quantitative estimate of drug-likeness (QED) is 0.420. The van der Waals surface area contributed by atoms with Crippen LogP contribution in [0.5, 0.6) is 5.75 Å². The SMILES string of the molecule is CN(C(=O)c1cc2c(cc1Cl)nc(N)c1cncn12)[C@@H]1COc2cc(-c3cccnc3)ccc21. The number of anilines is 1. The Morgan fingerprint density at radius 2 is 2.03 bits per heavy atom. The second-order valence-corrected chi connectivity index (χ2v) is 8.61. The number of halogens is 1. The molecule has 168 valence electrons. The second-order valence-electron chi connectivity index (χ2n) is 8.20. The van der Waals surface area contributed by atoms with Crippen LogP contribution < -0.4 is 10.5 Å². The number of ether oxygens (including phenoxy) is 1. The van der Waals surface area contributed by atoms with Gasteiger partial charge in [0.1, 0.15) is 23.7 Å². The van der Waals surface area contributed by atoms with Crippen LogP contribution in [0.25, 0.3) is 27.7 Å². The van der Waals surface area contributed by atoms with Gasteiger partial charge in [-0.25, -0.2) is 9.97 Å². The normalized spacial score (nSPS) is 14.8. The first-order chi connectivity index (χ1) is 16.5. The zero-order chi connectivity index (χ0) is 23.4. The molecule has 5 aromatic rings. The summed E-state index contributed by atoms with van der Waals surface area (Å²) in [6, 6.07) is 13.1. The molecule has 2 N–H and O–H groups in total. The summed E-state index contributed by atoms with van der Waals surface area (Å²) in [6.07, 6.45) is 6.83. The average Bonchev–Trinajstić information content (AvgIpc) is 3.51. The van der Waals surface area contributed by atoms with Crippen molar-refractivity contribution in [1.29, 1.82) is 0 Å². The summed E-state index contributed by atoms with van der Waals surface area (Å²) in [5, 5.41) is 0.307. The molecule has 3 aromatic heterocycles. The van der Waals surface area contributed by atoms with Crippen molar-refractivity contribution in [2.45, 2.75) is 6.04 Å². The summed E-state index contributed by atoms with van der Waals surface area (Å²) in [7, 11) is 1.76. The Kier molecular flexibility index (Phi) is 4.63. The molecule has 1 aliphatic heterocycles. The van der Waals surface area contributed by atoms with Crippen molar-refractivity contribution in [3.63, 3.8) is 0 Å². The molecule has 8 nitrogen and oxygen atoms in total. The molecule has 6 rings (SSSR count). The summed E-state index contributed by atoms with van der Waals surface area (Å²) < 4.78 is 7.76. The Hall–Kier alpha value is -4.17. The molecule has 0 aliphatic carbocycles. The number of rotatable bonds is 3. The highest BCUT2D eigenvalue weighted by molar-refractivity contribution is 6.34. The maximum atomic E-state index is 13.5. The van der Waals surface area contributed by atoms with E-state index in [1.807, 2.05) is 36.5 Å². The molecule has 0 bridgehead atoms. The van der Waals surface area contributed by atoms with Crippen LogP contribution in [0.2, 0.25) is 5.02 Å². The number of nitrogens with two attached hydrogens (primary N) is 1. The molecular weight excluding hydrogens is 452 g/mol. The average molecular weight is 471 g/mol. The Balaban J connectivity index is 1.35. The highest BCUT2D eigenvalue weighted by Crippen LogP contribution is 2.39. The third-order valence-electron chi connectivity index (χ3n) is 6.25. The van der Waals surface area contributed by atoms with E-state index in [-0.39, 0.29) is 11.9 Å². The Bertz CT molecular complexity index is 1580. The molecule has 0 radical (unpaired) electrons. The molecule has 4 heterocycles. The minimum absolute atomic E-state index is 0.213. The number of benzene rings is 2. The number of nitrogens with zero attached hydrogens (tertiary/aromatic N) is 5. The van der Waals surface area contributed by atoms with E-state index >= 15 is 0 Å². The van der Waals surface area contributed by atoms with Gasteiger partial charge in [0.15, 0.2) is 0 Å². The van der Waals surface area contributed by atoms with Gasteiger partial charge in [0.2, 0.25) is 0 Å².